The first-order valence-electron chi connectivity index (χ1n) is 10.5. The van der Waals surface area contributed by atoms with E-state index in [1.165, 1.54) is 10.6 Å². The molecule has 2 aliphatic rings. The summed E-state index contributed by atoms with van der Waals surface area (Å²) in [5, 5.41) is 7.69. The second-order valence-electron chi connectivity index (χ2n) is 7.96. The van der Waals surface area contributed by atoms with Crippen LogP contribution in [0.5, 0.6) is 5.75 Å². The van der Waals surface area contributed by atoms with E-state index in [1.54, 1.807) is 19.1 Å². The SMILES string of the molecule is CC1Oc2ccccc2N(CC(=O)NCCc2nn(C(C)C)c3c2COCC3)C1=O. The molecule has 1 unspecified atom stereocenters. The third kappa shape index (κ3) is 3.92. The van der Waals surface area contributed by atoms with Crippen LogP contribution < -0.4 is 15.0 Å². The molecule has 1 aromatic carbocycles. The molecule has 3 heterocycles. The summed E-state index contributed by atoms with van der Waals surface area (Å²) in [4.78, 5) is 26.6. The fourth-order valence-electron chi connectivity index (χ4n) is 4.00. The summed E-state index contributed by atoms with van der Waals surface area (Å²) >= 11 is 0. The molecule has 1 aromatic heterocycles. The van der Waals surface area contributed by atoms with E-state index < -0.39 is 6.10 Å². The second-order valence-corrected chi connectivity index (χ2v) is 7.96. The largest absolute Gasteiger partial charge is 0.479 e. The monoisotopic (exact) mass is 412 g/mol. The molecule has 0 spiro atoms. The molecule has 1 atom stereocenters. The van der Waals surface area contributed by atoms with Crippen molar-refractivity contribution in [2.45, 2.75) is 52.4 Å². The number of amides is 2. The molecule has 4 rings (SSSR count). The molecule has 0 saturated carbocycles. The number of nitrogens with zero attached hydrogens (tertiary/aromatic N) is 3. The van der Waals surface area contributed by atoms with Crippen molar-refractivity contribution in [2.75, 3.05) is 24.6 Å². The molecule has 160 valence electrons. The average molecular weight is 412 g/mol. The average Bonchev–Trinajstić information content (AvgIpc) is 3.10. The molecule has 0 bridgehead atoms. The van der Waals surface area contributed by atoms with Crippen LogP contribution in [0.2, 0.25) is 0 Å². The number of hydrogen-bond acceptors (Lipinski definition) is 5. The molecular formula is C22H28N4O4. The molecule has 0 fully saturated rings. The van der Waals surface area contributed by atoms with Crippen LogP contribution in [0.3, 0.4) is 0 Å². The first-order valence-corrected chi connectivity index (χ1v) is 10.5. The zero-order chi connectivity index (χ0) is 21.3. The number of hydrogen-bond donors (Lipinski definition) is 1. The van der Waals surface area contributed by atoms with Crippen molar-refractivity contribution in [2.24, 2.45) is 0 Å². The van der Waals surface area contributed by atoms with Crippen molar-refractivity contribution in [3.05, 3.63) is 41.2 Å². The number of anilines is 1. The Kier molecular flexibility index (Phi) is 5.76. The van der Waals surface area contributed by atoms with Gasteiger partial charge in [-0.3, -0.25) is 19.2 Å². The minimum Gasteiger partial charge on any atom is -0.479 e. The summed E-state index contributed by atoms with van der Waals surface area (Å²) in [5.74, 6) is 0.190. The Bertz CT molecular complexity index is 953. The molecule has 8 nitrogen and oxygen atoms in total. The number of ether oxygens (including phenoxy) is 2. The van der Waals surface area contributed by atoms with Crippen LogP contribution >= 0.6 is 0 Å². The first-order chi connectivity index (χ1) is 14.5. The Balaban J connectivity index is 1.39. The molecule has 2 amide bonds. The van der Waals surface area contributed by atoms with Gasteiger partial charge in [0.15, 0.2) is 6.10 Å². The van der Waals surface area contributed by atoms with Crippen molar-refractivity contribution >= 4 is 17.5 Å². The third-order valence-electron chi connectivity index (χ3n) is 5.48. The summed E-state index contributed by atoms with van der Waals surface area (Å²) in [5.41, 5.74) is 3.98. The van der Waals surface area contributed by atoms with Gasteiger partial charge in [0, 0.05) is 36.7 Å². The molecule has 0 saturated heterocycles. The van der Waals surface area contributed by atoms with Crippen molar-refractivity contribution in [1.29, 1.82) is 0 Å². The maximum absolute atomic E-state index is 12.6. The molecule has 2 aromatic rings. The van der Waals surface area contributed by atoms with Gasteiger partial charge in [0.25, 0.3) is 5.91 Å². The van der Waals surface area contributed by atoms with Gasteiger partial charge in [-0.1, -0.05) is 12.1 Å². The van der Waals surface area contributed by atoms with Crippen molar-refractivity contribution < 1.29 is 19.1 Å². The fourth-order valence-corrected chi connectivity index (χ4v) is 4.00. The lowest BCUT2D eigenvalue weighted by molar-refractivity contribution is -0.128. The predicted molar refractivity (Wildman–Crippen MR) is 112 cm³/mol. The summed E-state index contributed by atoms with van der Waals surface area (Å²) < 4.78 is 13.3. The second kappa shape index (κ2) is 8.47. The maximum atomic E-state index is 12.6. The van der Waals surface area contributed by atoms with Crippen molar-refractivity contribution in [3.63, 3.8) is 0 Å². The lowest BCUT2D eigenvalue weighted by Crippen LogP contribution is -2.49. The topological polar surface area (TPSA) is 85.7 Å². The number of fused-ring (bicyclic) bond motifs is 2. The number of carbonyl (C=O) groups excluding carboxylic acids is 2. The number of benzene rings is 1. The van der Waals surface area contributed by atoms with E-state index in [2.05, 4.69) is 23.8 Å². The van der Waals surface area contributed by atoms with Crippen LogP contribution in [-0.2, 0) is 33.8 Å². The van der Waals surface area contributed by atoms with Crippen LogP contribution in [0, 0.1) is 0 Å². The van der Waals surface area contributed by atoms with Gasteiger partial charge in [0.1, 0.15) is 12.3 Å². The van der Waals surface area contributed by atoms with Gasteiger partial charge in [-0.15, -0.1) is 0 Å². The van der Waals surface area contributed by atoms with E-state index in [9.17, 15) is 9.59 Å². The Morgan fingerprint density at radius 3 is 2.93 bits per heavy atom. The van der Waals surface area contributed by atoms with Gasteiger partial charge in [0.2, 0.25) is 5.91 Å². The van der Waals surface area contributed by atoms with E-state index in [0.717, 1.165) is 24.3 Å². The normalized spacial score (nSPS) is 18.1. The number of carbonyl (C=O) groups is 2. The summed E-state index contributed by atoms with van der Waals surface area (Å²) in [6, 6.07) is 7.55. The smallest absolute Gasteiger partial charge is 0.268 e. The Hall–Kier alpha value is -2.87. The summed E-state index contributed by atoms with van der Waals surface area (Å²) in [6.45, 7) is 7.64. The Morgan fingerprint density at radius 2 is 2.13 bits per heavy atom. The highest BCUT2D eigenvalue weighted by Crippen LogP contribution is 2.33. The highest BCUT2D eigenvalue weighted by molar-refractivity contribution is 6.03. The molecule has 0 radical (unpaired) electrons. The lowest BCUT2D eigenvalue weighted by atomic mass is 10.1. The molecule has 1 N–H and O–H groups in total. The van der Waals surface area contributed by atoms with E-state index in [1.807, 2.05) is 12.1 Å². The minimum atomic E-state index is -0.612. The van der Waals surface area contributed by atoms with E-state index in [4.69, 9.17) is 14.6 Å². The molecule has 0 aliphatic carbocycles. The molecule has 8 heteroatoms. The number of rotatable bonds is 6. The Labute approximate surface area is 176 Å². The lowest BCUT2D eigenvalue weighted by Gasteiger charge is -2.32. The quantitative estimate of drug-likeness (QED) is 0.785. The molecule has 2 aliphatic heterocycles. The third-order valence-corrected chi connectivity index (χ3v) is 5.48. The van der Waals surface area contributed by atoms with Gasteiger partial charge in [-0.2, -0.15) is 5.10 Å². The predicted octanol–water partition coefficient (Wildman–Crippen LogP) is 2.01. The van der Waals surface area contributed by atoms with E-state index in [0.29, 0.717) is 31.0 Å². The van der Waals surface area contributed by atoms with Crippen molar-refractivity contribution in [1.82, 2.24) is 15.1 Å². The maximum Gasteiger partial charge on any atom is 0.268 e. The van der Waals surface area contributed by atoms with E-state index >= 15 is 0 Å². The standard InChI is InChI=1S/C22H28N4O4/c1-14(2)26-18-9-11-29-13-16(18)17(24-26)8-10-23-21(27)12-25-19-6-4-5-7-20(19)30-15(3)22(25)28/h4-7,14-15H,8-13H2,1-3H3,(H,23,27). The van der Waals surface area contributed by atoms with Crippen LogP contribution in [0.15, 0.2) is 24.3 Å². The number of nitrogens with one attached hydrogen (secondary N) is 1. The highest BCUT2D eigenvalue weighted by Gasteiger charge is 2.32. The zero-order valence-electron chi connectivity index (χ0n) is 17.7. The molecular weight excluding hydrogens is 384 g/mol. The summed E-state index contributed by atoms with van der Waals surface area (Å²) in [7, 11) is 0. The van der Waals surface area contributed by atoms with Gasteiger partial charge in [-0.05, 0) is 32.9 Å². The van der Waals surface area contributed by atoms with Crippen LogP contribution in [0.25, 0.3) is 0 Å². The minimum absolute atomic E-state index is 0.0365. The highest BCUT2D eigenvalue weighted by atomic mass is 16.5. The van der Waals surface area contributed by atoms with Gasteiger partial charge in [-0.25, -0.2) is 0 Å². The van der Waals surface area contributed by atoms with E-state index in [-0.39, 0.29) is 24.4 Å². The number of para-hydroxylation sites is 2. The van der Waals surface area contributed by atoms with Crippen LogP contribution in [-0.4, -0.2) is 47.4 Å². The van der Waals surface area contributed by atoms with Crippen molar-refractivity contribution in [3.8, 4) is 5.75 Å². The van der Waals surface area contributed by atoms with Gasteiger partial charge in [0.05, 0.1) is 24.6 Å². The summed E-state index contributed by atoms with van der Waals surface area (Å²) in [6.07, 6.45) is 0.879. The fraction of sp³-hybridized carbons (Fsp3) is 0.500. The molecule has 30 heavy (non-hydrogen) atoms. The Morgan fingerprint density at radius 1 is 1.33 bits per heavy atom. The van der Waals surface area contributed by atoms with Crippen LogP contribution in [0.1, 0.15) is 43.8 Å². The number of aromatic nitrogens is 2. The first kappa shape index (κ1) is 20.4. The van der Waals surface area contributed by atoms with Crippen LogP contribution in [0.4, 0.5) is 5.69 Å². The van der Waals surface area contributed by atoms with Gasteiger partial charge >= 0.3 is 0 Å². The zero-order valence-corrected chi connectivity index (χ0v) is 17.7. The van der Waals surface area contributed by atoms with Gasteiger partial charge < -0.3 is 14.8 Å².